The van der Waals surface area contributed by atoms with E-state index in [-0.39, 0.29) is 4.90 Å². The van der Waals surface area contributed by atoms with Crippen LogP contribution in [-0.2, 0) is 10.0 Å². The van der Waals surface area contributed by atoms with Gasteiger partial charge in [0.2, 0.25) is 0 Å². The number of fused-ring (bicyclic) bond motifs is 1. The summed E-state index contributed by atoms with van der Waals surface area (Å²) >= 11 is 1.58. The highest BCUT2D eigenvalue weighted by molar-refractivity contribution is 8.00. The minimum absolute atomic E-state index is 0.0530. The standard InChI is InChI=1S/C14H13FN2O2S2/c15-10-2-1-3-12(8-10)21(18,19)17-6-7-20-14-5-4-11(16)9-13(14)17/h1-5,8-9H,6-7,16H2. The topological polar surface area (TPSA) is 63.4 Å². The van der Waals surface area contributed by atoms with Gasteiger partial charge in [0.15, 0.2) is 0 Å². The number of anilines is 2. The number of nitrogens with two attached hydrogens (primary N) is 1. The molecule has 0 unspecified atom stereocenters. The van der Waals surface area contributed by atoms with Crippen LogP contribution in [0.4, 0.5) is 15.8 Å². The summed E-state index contributed by atoms with van der Waals surface area (Å²) in [5, 5.41) is 0. The van der Waals surface area contributed by atoms with Crippen LogP contribution in [0.3, 0.4) is 0 Å². The number of thioether (sulfide) groups is 1. The molecule has 0 saturated heterocycles. The second-order valence-electron chi connectivity index (χ2n) is 4.61. The van der Waals surface area contributed by atoms with Gasteiger partial charge in [0, 0.05) is 22.9 Å². The normalized spacial score (nSPS) is 14.8. The first-order valence-electron chi connectivity index (χ1n) is 6.29. The maximum absolute atomic E-state index is 13.3. The minimum Gasteiger partial charge on any atom is -0.399 e. The first-order valence-corrected chi connectivity index (χ1v) is 8.72. The number of hydrogen-bond acceptors (Lipinski definition) is 4. The summed E-state index contributed by atoms with van der Waals surface area (Å²) in [6, 6.07) is 10.2. The van der Waals surface area contributed by atoms with Crippen molar-refractivity contribution in [3.05, 3.63) is 48.3 Å². The Morgan fingerprint density at radius 2 is 2.00 bits per heavy atom. The van der Waals surface area contributed by atoms with Crippen LogP contribution >= 0.6 is 11.8 Å². The molecule has 4 nitrogen and oxygen atoms in total. The van der Waals surface area contributed by atoms with E-state index in [0.29, 0.717) is 23.7 Å². The van der Waals surface area contributed by atoms with Crippen LogP contribution in [0, 0.1) is 5.82 Å². The predicted octanol–water partition coefficient (Wildman–Crippen LogP) is 2.71. The molecule has 110 valence electrons. The Kier molecular flexibility index (Phi) is 3.54. The molecule has 2 N–H and O–H groups in total. The van der Waals surface area contributed by atoms with Crippen molar-refractivity contribution >= 4 is 33.2 Å². The number of hydrogen-bond donors (Lipinski definition) is 1. The Labute approximate surface area is 126 Å². The van der Waals surface area contributed by atoms with Gasteiger partial charge >= 0.3 is 0 Å². The summed E-state index contributed by atoms with van der Waals surface area (Å²) in [7, 11) is -3.79. The van der Waals surface area contributed by atoms with E-state index in [9.17, 15) is 12.8 Å². The molecule has 2 aromatic carbocycles. The molecule has 0 fully saturated rings. The van der Waals surface area contributed by atoms with Gasteiger partial charge in [-0.15, -0.1) is 11.8 Å². The molecule has 0 bridgehead atoms. The second kappa shape index (κ2) is 5.23. The Bertz CT molecular complexity index is 793. The van der Waals surface area contributed by atoms with Crippen LogP contribution in [-0.4, -0.2) is 20.7 Å². The predicted molar refractivity (Wildman–Crippen MR) is 82.5 cm³/mol. The number of rotatable bonds is 2. The molecule has 0 aromatic heterocycles. The minimum atomic E-state index is -3.79. The molecule has 1 heterocycles. The fraction of sp³-hybridized carbons (Fsp3) is 0.143. The lowest BCUT2D eigenvalue weighted by Crippen LogP contribution is -2.35. The van der Waals surface area contributed by atoms with Crippen LogP contribution in [0.5, 0.6) is 0 Å². The number of halogens is 1. The van der Waals surface area contributed by atoms with Crippen molar-refractivity contribution in [3.63, 3.8) is 0 Å². The van der Waals surface area contributed by atoms with Crippen molar-refractivity contribution in [2.75, 3.05) is 22.3 Å². The lowest BCUT2D eigenvalue weighted by atomic mass is 10.3. The Hall–Kier alpha value is -1.73. The summed E-state index contributed by atoms with van der Waals surface area (Å²) in [5.74, 6) is 0.0705. The van der Waals surface area contributed by atoms with Gasteiger partial charge in [-0.1, -0.05) is 6.07 Å². The van der Waals surface area contributed by atoms with Gasteiger partial charge in [0.25, 0.3) is 10.0 Å². The van der Waals surface area contributed by atoms with E-state index in [1.165, 1.54) is 22.5 Å². The second-order valence-corrected chi connectivity index (χ2v) is 7.61. The third kappa shape index (κ3) is 2.58. The van der Waals surface area contributed by atoms with E-state index < -0.39 is 15.8 Å². The van der Waals surface area contributed by atoms with E-state index in [4.69, 9.17) is 5.73 Å². The van der Waals surface area contributed by atoms with Crippen molar-refractivity contribution < 1.29 is 12.8 Å². The Morgan fingerprint density at radius 3 is 2.76 bits per heavy atom. The molecular weight excluding hydrogens is 311 g/mol. The lowest BCUT2D eigenvalue weighted by Gasteiger charge is -2.30. The van der Waals surface area contributed by atoms with E-state index in [1.807, 2.05) is 6.07 Å². The fourth-order valence-corrected chi connectivity index (χ4v) is 4.87. The smallest absolute Gasteiger partial charge is 0.264 e. The summed E-state index contributed by atoms with van der Waals surface area (Å²) in [4.78, 5) is 0.804. The van der Waals surface area contributed by atoms with Crippen molar-refractivity contribution in [2.24, 2.45) is 0 Å². The van der Waals surface area contributed by atoms with Crippen LogP contribution in [0.1, 0.15) is 0 Å². The third-order valence-electron chi connectivity index (χ3n) is 3.19. The molecule has 1 aliphatic heterocycles. The molecule has 7 heteroatoms. The largest absolute Gasteiger partial charge is 0.399 e. The van der Waals surface area contributed by atoms with E-state index in [2.05, 4.69) is 0 Å². The molecule has 0 radical (unpaired) electrons. The molecule has 21 heavy (non-hydrogen) atoms. The molecule has 0 amide bonds. The molecular formula is C14H13FN2O2S2. The quantitative estimate of drug-likeness (QED) is 0.863. The number of nitrogen functional groups attached to an aromatic ring is 1. The zero-order valence-electron chi connectivity index (χ0n) is 11.0. The van der Waals surface area contributed by atoms with Crippen LogP contribution in [0.25, 0.3) is 0 Å². The monoisotopic (exact) mass is 324 g/mol. The molecule has 0 atom stereocenters. The first kappa shape index (κ1) is 14.2. The van der Waals surface area contributed by atoms with Crippen LogP contribution in [0.2, 0.25) is 0 Å². The molecule has 0 aliphatic carbocycles. The third-order valence-corrected chi connectivity index (χ3v) is 6.04. The van der Waals surface area contributed by atoms with Gasteiger partial charge in [-0.05, 0) is 36.4 Å². The average Bonchev–Trinajstić information content (AvgIpc) is 2.46. The summed E-state index contributed by atoms with van der Waals surface area (Å²) < 4.78 is 40.1. The first-order chi connectivity index (χ1) is 9.98. The molecule has 0 saturated carbocycles. The van der Waals surface area contributed by atoms with Gasteiger partial charge in [0.05, 0.1) is 10.6 Å². The average molecular weight is 324 g/mol. The lowest BCUT2D eigenvalue weighted by molar-refractivity contribution is 0.586. The summed E-state index contributed by atoms with van der Waals surface area (Å²) in [6.45, 7) is 0.333. The van der Waals surface area contributed by atoms with Crippen molar-refractivity contribution in [1.29, 1.82) is 0 Å². The van der Waals surface area contributed by atoms with Crippen molar-refractivity contribution in [3.8, 4) is 0 Å². The van der Waals surface area contributed by atoms with Gasteiger partial charge < -0.3 is 5.73 Å². The van der Waals surface area contributed by atoms with E-state index in [0.717, 1.165) is 11.0 Å². The highest BCUT2D eigenvalue weighted by Gasteiger charge is 2.29. The zero-order valence-corrected chi connectivity index (χ0v) is 12.6. The van der Waals surface area contributed by atoms with Crippen LogP contribution < -0.4 is 10.0 Å². The zero-order chi connectivity index (χ0) is 15.0. The van der Waals surface area contributed by atoms with Crippen molar-refractivity contribution in [2.45, 2.75) is 9.79 Å². The summed E-state index contributed by atoms with van der Waals surface area (Å²) in [6.07, 6.45) is 0. The SMILES string of the molecule is Nc1ccc2c(c1)N(S(=O)(=O)c1cccc(F)c1)CCS2. The Balaban J connectivity index is 2.11. The maximum atomic E-state index is 13.3. The molecule has 3 rings (SSSR count). The highest BCUT2D eigenvalue weighted by Crippen LogP contribution is 2.38. The number of benzene rings is 2. The van der Waals surface area contributed by atoms with Crippen LogP contribution in [0.15, 0.2) is 52.3 Å². The van der Waals surface area contributed by atoms with Gasteiger partial charge in [-0.25, -0.2) is 12.8 Å². The van der Waals surface area contributed by atoms with E-state index in [1.54, 1.807) is 23.9 Å². The number of nitrogens with zero attached hydrogens (tertiary/aromatic N) is 1. The van der Waals surface area contributed by atoms with Gasteiger partial charge in [0.1, 0.15) is 5.82 Å². The summed E-state index contributed by atoms with van der Waals surface area (Å²) in [5.41, 5.74) is 6.81. The Morgan fingerprint density at radius 1 is 1.19 bits per heavy atom. The molecule has 1 aliphatic rings. The fourth-order valence-electron chi connectivity index (χ4n) is 2.21. The van der Waals surface area contributed by atoms with Crippen molar-refractivity contribution in [1.82, 2.24) is 0 Å². The molecule has 0 spiro atoms. The number of sulfonamides is 1. The van der Waals surface area contributed by atoms with Gasteiger partial charge in [-0.2, -0.15) is 0 Å². The van der Waals surface area contributed by atoms with E-state index >= 15 is 0 Å². The maximum Gasteiger partial charge on any atom is 0.264 e. The molecule has 2 aromatic rings. The highest BCUT2D eigenvalue weighted by atomic mass is 32.2. The van der Waals surface area contributed by atoms with Gasteiger partial charge in [-0.3, -0.25) is 4.31 Å².